The third kappa shape index (κ3) is 3.38. The second kappa shape index (κ2) is 6.68. The molecule has 0 radical (unpaired) electrons. The number of hydrogen-bond donors (Lipinski definition) is 1. The molecule has 2 atom stereocenters. The molecule has 2 heterocycles. The molecule has 20 heavy (non-hydrogen) atoms. The van der Waals surface area contributed by atoms with Crippen LogP contribution in [0.1, 0.15) is 56.7 Å². The monoisotopic (exact) mass is 278 g/mol. The molecule has 2 unspecified atom stereocenters. The predicted octanol–water partition coefficient (Wildman–Crippen LogP) is 2.16. The molecule has 1 saturated carbocycles. The molecular formula is C15H26N4O. The van der Waals surface area contributed by atoms with Crippen molar-refractivity contribution in [2.24, 2.45) is 5.92 Å². The van der Waals surface area contributed by atoms with Crippen LogP contribution in [0, 0.1) is 5.92 Å². The summed E-state index contributed by atoms with van der Waals surface area (Å²) in [5.41, 5.74) is 0. The first-order valence-corrected chi connectivity index (χ1v) is 8.10. The van der Waals surface area contributed by atoms with Gasteiger partial charge in [-0.1, -0.05) is 18.5 Å². The number of nitrogens with one attached hydrogen (secondary N) is 1. The van der Waals surface area contributed by atoms with E-state index in [9.17, 15) is 0 Å². The van der Waals surface area contributed by atoms with Crippen molar-refractivity contribution in [1.29, 1.82) is 0 Å². The highest BCUT2D eigenvalue weighted by molar-refractivity contribution is 4.99. The fourth-order valence-corrected chi connectivity index (χ4v) is 3.43. The Balaban J connectivity index is 1.56. The Morgan fingerprint density at radius 3 is 3.10 bits per heavy atom. The zero-order valence-corrected chi connectivity index (χ0v) is 12.5. The van der Waals surface area contributed by atoms with Crippen molar-refractivity contribution in [1.82, 2.24) is 20.4 Å². The molecule has 5 nitrogen and oxygen atoms in total. The van der Waals surface area contributed by atoms with Crippen LogP contribution in [0.25, 0.3) is 0 Å². The summed E-state index contributed by atoms with van der Waals surface area (Å²) in [6.07, 6.45) is 6.26. The minimum atomic E-state index is 0.531. The summed E-state index contributed by atoms with van der Waals surface area (Å²) in [4.78, 5) is 7.05. The summed E-state index contributed by atoms with van der Waals surface area (Å²) in [5, 5.41) is 7.64. The van der Waals surface area contributed by atoms with E-state index < -0.39 is 0 Å². The fourth-order valence-electron chi connectivity index (χ4n) is 3.43. The Morgan fingerprint density at radius 2 is 2.25 bits per heavy atom. The molecule has 1 aliphatic carbocycles. The van der Waals surface area contributed by atoms with Gasteiger partial charge in [0.05, 0.1) is 6.54 Å². The average Bonchev–Trinajstić information content (AvgIpc) is 3.04. The van der Waals surface area contributed by atoms with Gasteiger partial charge in [0, 0.05) is 19.0 Å². The Bertz CT molecular complexity index is 412. The fraction of sp³-hybridized carbons (Fsp3) is 0.867. The van der Waals surface area contributed by atoms with E-state index in [0.29, 0.717) is 5.92 Å². The van der Waals surface area contributed by atoms with Gasteiger partial charge in [-0.15, -0.1) is 0 Å². The minimum absolute atomic E-state index is 0.531. The maximum Gasteiger partial charge on any atom is 0.240 e. The highest BCUT2D eigenvalue weighted by Crippen LogP contribution is 2.38. The standard InChI is InChI=1S/C15H26N4O/c1-2-12-4-5-13(10-12)15-17-14(20-18-15)11-19-8-3-6-16-7-9-19/h12-13,16H,2-11H2,1H3. The van der Waals surface area contributed by atoms with Crippen LogP contribution in [0.3, 0.4) is 0 Å². The van der Waals surface area contributed by atoms with E-state index in [1.54, 1.807) is 0 Å². The van der Waals surface area contributed by atoms with Crippen LogP contribution in [0.5, 0.6) is 0 Å². The average molecular weight is 278 g/mol. The van der Waals surface area contributed by atoms with Gasteiger partial charge in [-0.2, -0.15) is 4.98 Å². The number of nitrogens with zero attached hydrogens (tertiary/aromatic N) is 3. The van der Waals surface area contributed by atoms with Gasteiger partial charge in [0.15, 0.2) is 5.82 Å². The third-order valence-electron chi connectivity index (χ3n) is 4.76. The number of hydrogen-bond acceptors (Lipinski definition) is 5. The predicted molar refractivity (Wildman–Crippen MR) is 77.4 cm³/mol. The molecule has 1 N–H and O–H groups in total. The molecule has 1 saturated heterocycles. The summed E-state index contributed by atoms with van der Waals surface area (Å²) in [6.45, 7) is 7.44. The molecule has 0 amide bonds. The van der Waals surface area contributed by atoms with Gasteiger partial charge >= 0.3 is 0 Å². The summed E-state index contributed by atoms with van der Waals surface area (Å²) in [7, 11) is 0. The number of rotatable bonds is 4. The van der Waals surface area contributed by atoms with Crippen molar-refractivity contribution < 1.29 is 4.52 Å². The topological polar surface area (TPSA) is 54.2 Å². The lowest BCUT2D eigenvalue weighted by Gasteiger charge is -2.16. The van der Waals surface area contributed by atoms with Gasteiger partial charge < -0.3 is 9.84 Å². The Hall–Kier alpha value is -0.940. The Morgan fingerprint density at radius 1 is 1.30 bits per heavy atom. The zero-order valence-electron chi connectivity index (χ0n) is 12.5. The van der Waals surface area contributed by atoms with Crippen molar-refractivity contribution in [2.75, 3.05) is 26.2 Å². The molecule has 1 aliphatic heterocycles. The minimum Gasteiger partial charge on any atom is -0.338 e. The molecule has 1 aromatic heterocycles. The Labute approximate surface area is 121 Å². The maximum absolute atomic E-state index is 5.47. The second-order valence-corrected chi connectivity index (χ2v) is 6.21. The van der Waals surface area contributed by atoms with Gasteiger partial charge in [-0.25, -0.2) is 0 Å². The molecule has 0 bridgehead atoms. The van der Waals surface area contributed by atoms with E-state index in [2.05, 4.69) is 27.3 Å². The summed E-state index contributed by atoms with van der Waals surface area (Å²) in [6, 6.07) is 0. The van der Waals surface area contributed by atoms with Gasteiger partial charge in [-0.05, 0) is 44.7 Å². The van der Waals surface area contributed by atoms with E-state index in [-0.39, 0.29) is 0 Å². The highest BCUT2D eigenvalue weighted by atomic mass is 16.5. The van der Waals surface area contributed by atoms with Crippen LogP contribution in [-0.2, 0) is 6.54 Å². The van der Waals surface area contributed by atoms with Crippen LogP contribution in [0.4, 0.5) is 0 Å². The first-order chi connectivity index (χ1) is 9.85. The zero-order chi connectivity index (χ0) is 13.8. The molecule has 2 aliphatic rings. The Kier molecular flexibility index (Phi) is 4.68. The summed E-state index contributed by atoms with van der Waals surface area (Å²) in [5.74, 6) is 3.13. The van der Waals surface area contributed by atoms with Crippen LogP contribution in [0.15, 0.2) is 4.52 Å². The molecular weight excluding hydrogens is 252 g/mol. The summed E-state index contributed by atoms with van der Waals surface area (Å²) >= 11 is 0. The normalized spacial score (nSPS) is 28.6. The van der Waals surface area contributed by atoms with Crippen LogP contribution in [-0.4, -0.2) is 41.2 Å². The molecule has 0 aromatic carbocycles. The van der Waals surface area contributed by atoms with E-state index in [4.69, 9.17) is 4.52 Å². The van der Waals surface area contributed by atoms with E-state index in [1.807, 2.05) is 0 Å². The van der Waals surface area contributed by atoms with Gasteiger partial charge in [0.25, 0.3) is 0 Å². The van der Waals surface area contributed by atoms with Gasteiger partial charge in [0.1, 0.15) is 0 Å². The van der Waals surface area contributed by atoms with Crippen molar-refractivity contribution in [3.05, 3.63) is 11.7 Å². The van der Waals surface area contributed by atoms with Crippen molar-refractivity contribution in [2.45, 2.75) is 51.5 Å². The molecule has 2 fully saturated rings. The molecule has 1 aromatic rings. The lowest BCUT2D eigenvalue weighted by molar-refractivity contribution is 0.238. The highest BCUT2D eigenvalue weighted by Gasteiger charge is 2.28. The SMILES string of the molecule is CCC1CCC(c2noc(CN3CCCNCC3)n2)C1. The van der Waals surface area contributed by atoms with Crippen molar-refractivity contribution in [3.8, 4) is 0 Å². The van der Waals surface area contributed by atoms with Gasteiger partial charge in [0.2, 0.25) is 5.89 Å². The van der Waals surface area contributed by atoms with Crippen molar-refractivity contribution in [3.63, 3.8) is 0 Å². The van der Waals surface area contributed by atoms with Crippen molar-refractivity contribution >= 4 is 0 Å². The smallest absolute Gasteiger partial charge is 0.240 e. The first-order valence-electron chi connectivity index (χ1n) is 8.10. The largest absolute Gasteiger partial charge is 0.338 e. The third-order valence-corrected chi connectivity index (χ3v) is 4.76. The second-order valence-electron chi connectivity index (χ2n) is 6.21. The molecule has 0 spiro atoms. The van der Waals surface area contributed by atoms with E-state index in [1.165, 1.54) is 32.1 Å². The van der Waals surface area contributed by atoms with E-state index in [0.717, 1.165) is 50.4 Å². The van der Waals surface area contributed by atoms with Crippen LogP contribution < -0.4 is 5.32 Å². The number of aromatic nitrogens is 2. The lowest BCUT2D eigenvalue weighted by Crippen LogP contribution is -2.27. The lowest BCUT2D eigenvalue weighted by atomic mass is 10.0. The summed E-state index contributed by atoms with van der Waals surface area (Å²) < 4.78 is 5.47. The molecule has 5 heteroatoms. The first kappa shape index (κ1) is 14.0. The maximum atomic E-state index is 5.47. The van der Waals surface area contributed by atoms with Crippen LogP contribution in [0.2, 0.25) is 0 Å². The van der Waals surface area contributed by atoms with Gasteiger partial charge in [-0.3, -0.25) is 4.90 Å². The quantitative estimate of drug-likeness (QED) is 0.914. The molecule has 3 rings (SSSR count). The van der Waals surface area contributed by atoms with E-state index >= 15 is 0 Å². The molecule has 112 valence electrons. The van der Waals surface area contributed by atoms with Crippen LogP contribution >= 0.6 is 0 Å².